The molecule has 5 heteroatoms. The Bertz CT molecular complexity index is 719. The minimum Gasteiger partial charge on any atom is -0.768 e. The zero-order chi connectivity index (χ0) is 15.1. The molecule has 1 saturated heterocycles. The SMILES string of the molecule is O=S([O-])c1ccc2c(c1)[C@H]1OCC[C@H]1C(c1ccccc1)N2. The van der Waals surface area contributed by atoms with Gasteiger partial charge in [-0.3, -0.25) is 4.21 Å². The third-order valence-corrected chi connectivity index (χ3v) is 5.20. The third kappa shape index (κ3) is 2.26. The Morgan fingerprint density at radius 1 is 1.18 bits per heavy atom. The van der Waals surface area contributed by atoms with E-state index in [-0.39, 0.29) is 12.1 Å². The average molecular weight is 314 g/mol. The van der Waals surface area contributed by atoms with Gasteiger partial charge in [0.2, 0.25) is 0 Å². The predicted octanol–water partition coefficient (Wildman–Crippen LogP) is 3.17. The molecule has 2 aliphatic rings. The molecular weight excluding hydrogens is 298 g/mol. The average Bonchev–Trinajstić information content (AvgIpc) is 3.04. The van der Waals surface area contributed by atoms with Crippen molar-refractivity contribution in [1.82, 2.24) is 0 Å². The van der Waals surface area contributed by atoms with Crippen LogP contribution in [0.1, 0.15) is 29.7 Å². The van der Waals surface area contributed by atoms with E-state index in [1.54, 1.807) is 12.1 Å². The van der Waals surface area contributed by atoms with Gasteiger partial charge in [0.15, 0.2) is 0 Å². The van der Waals surface area contributed by atoms with Gasteiger partial charge in [0.1, 0.15) is 0 Å². The van der Waals surface area contributed by atoms with Crippen molar-refractivity contribution in [1.29, 1.82) is 0 Å². The van der Waals surface area contributed by atoms with Crippen LogP contribution in [0.4, 0.5) is 5.69 Å². The minimum absolute atomic E-state index is 0.0371. The fourth-order valence-corrected chi connectivity index (χ4v) is 3.95. The van der Waals surface area contributed by atoms with Gasteiger partial charge < -0.3 is 14.6 Å². The highest BCUT2D eigenvalue weighted by atomic mass is 32.2. The molecule has 2 aromatic rings. The highest BCUT2D eigenvalue weighted by molar-refractivity contribution is 7.79. The van der Waals surface area contributed by atoms with Crippen LogP contribution >= 0.6 is 0 Å². The van der Waals surface area contributed by atoms with Crippen LogP contribution in [0.2, 0.25) is 0 Å². The van der Waals surface area contributed by atoms with Gasteiger partial charge in [-0.05, 0) is 41.3 Å². The van der Waals surface area contributed by atoms with Gasteiger partial charge >= 0.3 is 0 Å². The van der Waals surface area contributed by atoms with E-state index in [2.05, 4.69) is 17.4 Å². The molecule has 22 heavy (non-hydrogen) atoms. The molecule has 4 rings (SSSR count). The van der Waals surface area contributed by atoms with Gasteiger partial charge in [0.05, 0.1) is 12.1 Å². The zero-order valence-electron chi connectivity index (χ0n) is 11.9. The van der Waals surface area contributed by atoms with Crippen LogP contribution in [-0.4, -0.2) is 15.4 Å². The molecule has 0 radical (unpaired) electrons. The molecule has 4 nitrogen and oxygen atoms in total. The molecule has 2 aromatic carbocycles. The maximum atomic E-state index is 11.2. The van der Waals surface area contributed by atoms with Gasteiger partial charge in [-0.25, -0.2) is 0 Å². The number of hydrogen-bond donors (Lipinski definition) is 1. The Labute approximate surface area is 131 Å². The van der Waals surface area contributed by atoms with E-state index < -0.39 is 11.1 Å². The summed E-state index contributed by atoms with van der Waals surface area (Å²) in [5.41, 5.74) is 3.16. The van der Waals surface area contributed by atoms with E-state index in [9.17, 15) is 8.76 Å². The van der Waals surface area contributed by atoms with E-state index in [1.807, 2.05) is 24.3 Å². The standard InChI is InChI=1S/C17H17NO3S/c19-22(20)12-6-7-15-14(10-12)17-13(8-9-21-17)16(18-15)11-4-2-1-3-5-11/h1-7,10,13,16-18H,8-9H2,(H,19,20)/p-1/t13-,16?,17-/m0/s1. The summed E-state index contributed by atoms with van der Waals surface area (Å²) in [5.74, 6) is 0.324. The molecule has 0 saturated carbocycles. The maximum Gasteiger partial charge on any atom is 0.0897 e. The first-order valence-electron chi connectivity index (χ1n) is 7.40. The Balaban J connectivity index is 1.78. The van der Waals surface area contributed by atoms with Crippen molar-refractivity contribution in [3.63, 3.8) is 0 Å². The summed E-state index contributed by atoms with van der Waals surface area (Å²) in [6.45, 7) is 0.713. The lowest BCUT2D eigenvalue weighted by molar-refractivity contribution is 0.0827. The number of fused-ring (bicyclic) bond motifs is 3. The summed E-state index contributed by atoms with van der Waals surface area (Å²) in [6.07, 6.45) is 0.936. The molecular formula is C17H16NO3S-. The van der Waals surface area contributed by atoms with Crippen LogP contribution in [-0.2, 0) is 15.8 Å². The first kappa shape index (κ1) is 13.9. The van der Waals surface area contributed by atoms with Crippen LogP contribution in [0, 0.1) is 5.92 Å². The third-order valence-electron chi connectivity index (χ3n) is 4.56. The van der Waals surface area contributed by atoms with Gasteiger partial charge in [0.25, 0.3) is 0 Å². The Morgan fingerprint density at radius 3 is 2.77 bits per heavy atom. The largest absolute Gasteiger partial charge is 0.768 e. The van der Waals surface area contributed by atoms with Gasteiger partial charge in [0, 0.05) is 28.7 Å². The fraction of sp³-hybridized carbons (Fsp3) is 0.294. The molecule has 0 amide bonds. The highest BCUT2D eigenvalue weighted by Crippen LogP contribution is 2.50. The molecule has 4 atom stereocenters. The summed E-state index contributed by atoms with van der Waals surface area (Å²) >= 11 is -2.21. The molecule has 114 valence electrons. The highest BCUT2D eigenvalue weighted by Gasteiger charge is 2.41. The molecule has 1 N–H and O–H groups in total. The number of ether oxygens (including phenoxy) is 1. The number of rotatable bonds is 2. The second kappa shape index (κ2) is 5.50. The van der Waals surface area contributed by atoms with E-state index in [1.165, 1.54) is 5.56 Å². The van der Waals surface area contributed by atoms with Gasteiger partial charge in [-0.15, -0.1) is 0 Å². The Morgan fingerprint density at radius 2 is 2.00 bits per heavy atom. The molecule has 2 heterocycles. The van der Waals surface area contributed by atoms with Crippen LogP contribution in [0.5, 0.6) is 0 Å². The number of anilines is 1. The van der Waals surface area contributed by atoms with Crippen LogP contribution in [0.3, 0.4) is 0 Å². The number of hydrogen-bond acceptors (Lipinski definition) is 4. The second-order valence-electron chi connectivity index (χ2n) is 5.76. The number of benzene rings is 2. The topological polar surface area (TPSA) is 61.4 Å². The number of nitrogens with one attached hydrogen (secondary N) is 1. The summed E-state index contributed by atoms with van der Waals surface area (Å²) in [6, 6.07) is 15.7. The molecule has 0 aliphatic carbocycles. The fourth-order valence-electron chi connectivity index (χ4n) is 3.54. The predicted molar refractivity (Wildman–Crippen MR) is 83.2 cm³/mol. The Hall–Kier alpha value is -1.69. The molecule has 0 aromatic heterocycles. The van der Waals surface area contributed by atoms with Crippen LogP contribution in [0.15, 0.2) is 53.4 Å². The van der Waals surface area contributed by atoms with Crippen molar-refractivity contribution in [3.05, 3.63) is 59.7 Å². The van der Waals surface area contributed by atoms with E-state index in [4.69, 9.17) is 4.74 Å². The summed E-state index contributed by atoms with van der Waals surface area (Å²) in [7, 11) is 0. The van der Waals surface area contributed by atoms with Crippen molar-refractivity contribution in [3.8, 4) is 0 Å². The minimum atomic E-state index is -2.21. The Kier molecular flexibility index (Phi) is 3.48. The molecule has 2 unspecified atom stereocenters. The van der Waals surface area contributed by atoms with Crippen molar-refractivity contribution < 1.29 is 13.5 Å². The molecule has 2 aliphatic heterocycles. The first-order chi connectivity index (χ1) is 10.7. The lowest BCUT2D eigenvalue weighted by Crippen LogP contribution is -2.29. The lowest BCUT2D eigenvalue weighted by Gasteiger charge is -2.36. The monoisotopic (exact) mass is 314 g/mol. The van der Waals surface area contributed by atoms with Gasteiger partial charge in [-0.1, -0.05) is 30.3 Å². The first-order valence-corrected chi connectivity index (χ1v) is 8.48. The summed E-state index contributed by atoms with van der Waals surface area (Å²) in [5, 5.41) is 3.57. The maximum absolute atomic E-state index is 11.2. The van der Waals surface area contributed by atoms with Gasteiger partial charge in [-0.2, -0.15) is 0 Å². The molecule has 1 fully saturated rings. The van der Waals surface area contributed by atoms with Crippen LogP contribution < -0.4 is 5.32 Å². The lowest BCUT2D eigenvalue weighted by atomic mass is 9.81. The van der Waals surface area contributed by atoms with Crippen molar-refractivity contribution in [2.45, 2.75) is 23.5 Å². The van der Waals surface area contributed by atoms with Crippen molar-refractivity contribution in [2.24, 2.45) is 5.92 Å². The van der Waals surface area contributed by atoms with E-state index in [0.717, 1.165) is 17.7 Å². The molecule has 0 bridgehead atoms. The van der Waals surface area contributed by atoms with Crippen LogP contribution in [0.25, 0.3) is 0 Å². The zero-order valence-corrected chi connectivity index (χ0v) is 12.7. The molecule has 0 spiro atoms. The van der Waals surface area contributed by atoms with E-state index >= 15 is 0 Å². The van der Waals surface area contributed by atoms with Crippen molar-refractivity contribution in [2.75, 3.05) is 11.9 Å². The summed E-state index contributed by atoms with van der Waals surface area (Å²) < 4.78 is 28.3. The quantitative estimate of drug-likeness (QED) is 0.865. The van der Waals surface area contributed by atoms with Crippen molar-refractivity contribution >= 4 is 16.8 Å². The smallest absolute Gasteiger partial charge is 0.0897 e. The summed E-state index contributed by atoms with van der Waals surface area (Å²) in [4.78, 5) is 0.313. The second-order valence-corrected chi connectivity index (χ2v) is 6.70. The normalized spacial score (nSPS) is 27.6. The van der Waals surface area contributed by atoms with E-state index in [0.29, 0.717) is 17.4 Å².